The monoisotopic (exact) mass is 361 g/mol. The standard InChI is InChI=1S/C16H23N7OS/c1-11-12(9-17-21(11)2)19-16(25)20-13-10-18-22(3)14(13)15(24)23-7-5-4-6-8-23/h9-10H,4-8H2,1-3H3,(H2,19,20,25). The van der Waals surface area contributed by atoms with Crippen LogP contribution in [0.25, 0.3) is 0 Å². The largest absolute Gasteiger partial charge is 0.337 e. The fourth-order valence-corrected chi connectivity index (χ4v) is 3.15. The summed E-state index contributed by atoms with van der Waals surface area (Å²) < 4.78 is 3.36. The summed E-state index contributed by atoms with van der Waals surface area (Å²) in [6, 6.07) is 0. The molecule has 0 atom stereocenters. The van der Waals surface area contributed by atoms with Crippen molar-refractivity contribution in [2.24, 2.45) is 14.1 Å². The zero-order valence-corrected chi connectivity index (χ0v) is 15.6. The third-order valence-electron chi connectivity index (χ3n) is 4.52. The number of aryl methyl sites for hydroxylation is 2. The molecule has 0 aromatic carbocycles. The first kappa shape index (κ1) is 17.4. The van der Waals surface area contributed by atoms with Gasteiger partial charge in [0.05, 0.1) is 29.5 Å². The van der Waals surface area contributed by atoms with Crippen molar-refractivity contribution < 1.29 is 4.79 Å². The maximum atomic E-state index is 12.8. The van der Waals surface area contributed by atoms with Gasteiger partial charge in [0.25, 0.3) is 5.91 Å². The maximum Gasteiger partial charge on any atom is 0.274 e. The van der Waals surface area contributed by atoms with Gasteiger partial charge < -0.3 is 15.5 Å². The second-order valence-electron chi connectivity index (χ2n) is 6.23. The van der Waals surface area contributed by atoms with Crippen molar-refractivity contribution in [3.05, 3.63) is 23.8 Å². The lowest BCUT2D eigenvalue weighted by molar-refractivity contribution is 0.0714. The Balaban J connectivity index is 1.73. The van der Waals surface area contributed by atoms with Crippen LogP contribution in [0.4, 0.5) is 11.4 Å². The number of thiocarbonyl (C=S) groups is 1. The fourth-order valence-electron chi connectivity index (χ4n) is 2.93. The molecule has 1 fully saturated rings. The first-order valence-electron chi connectivity index (χ1n) is 8.35. The summed E-state index contributed by atoms with van der Waals surface area (Å²) in [6.07, 6.45) is 6.62. The molecule has 0 bridgehead atoms. The summed E-state index contributed by atoms with van der Waals surface area (Å²) in [5.74, 6) is -0.0115. The van der Waals surface area contributed by atoms with Crippen molar-refractivity contribution in [3.8, 4) is 0 Å². The number of likely N-dealkylation sites (tertiary alicyclic amines) is 1. The minimum absolute atomic E-state index is 0.0115. The lowest BCUT2D eigenvalue weighted by Gasteiger charge is -2.27. The second-order valence-corrected chi connectivity index (χ2v) is 6.64. The molecule has 0 aliphatic carbocycles. The average molecular weight is 361 g/mol. The van der Waals surface area contributed by atoms with Crippen LogP contribution in [-0.2, 0) is 14.1 Å². The molecular weight excluding hydrogens is 338 g/mol. The van der Waals surface area contributed by atoms with Crippen molar-refractivity contribution in [1.29, 1.82) is 0 Å². The van der Waals surface area contributed by atoms with Gasteiger partial charge in [0.15, 0.2) is 5.11 Å². The zero-order valence-electron chi connectivity index (χ0n) is 14.7. The minimum atomic E-state index is -0.0115. The second kappa shape index (κ2) is 7.22. The quantitative estimate of drug-likeness (QED) is 0.813. The van der Waals surface area contributed by atoms with Gasteiger partial charge in [0, 0.05) is 27.2 Å². The van der Waals surface area contributed by atoms with E-state index in [1.807, 2.05) is 18.9 Å². The molecule has 2 N–H and O–H groups in total. The Morgan fingerprint density at radius 1 is 1.04 bits per heavy atom. The third-order valence-corrected chi connectivity index (χ3v) is 4.72. The van der Waals surface area contributed by atoms with E-state index in [9.17, 15) is 4.79 Å². The molecule has 0 saturated carbocycles. The van der Waals surface area contributed by atoms with Gasteiger partial charge in [-0.25, -0.2) is 0 Å². The van der Waals surface area contributed by atoms with Crippen LogP contribution >= 0.6 is 12.2 Å². The highest BCUT2D eigenvalue weighted by atomic mass is 32.1. The number of hydrogen-bond acceptors (Lipinski definition) is 4. The Hall–Kier alpha value is -2.42. The summed E-state index contributed by atoms with van der Waals surface area (Å²) in [5.41, 5.74) is 2.93. The molecule has 0 radical (unpaired) electrons. The predicted octanol–water partition coefficient (Wildman–Crippen LogP) is 1.90. The summed E-state index contributed by atoms with van der Waals surface area (Å²) in [7, 11) is 3.64. The number of nitrogens with zero attached hydrogens (tertiary/aromatic N) is 5. The molecule has 9 heteroatoms. The van der Waals surface area contributed by atoms with Crippen molar-refractivity contribution in [2.75, 3.05) is 23.7 Å². The van der Waals surface area contributed by atoms with Gasteiger partial charge in [-0.3, -0.25) is 14.2 Å². The molecule has 0 spiro atoms. The van der Waals surface area contributed by atoms with E-state index in [0.29, 0.717) is 16.5 Å². The lowest BCUT2D eigenvalue weighted by Crippen LogP contribution is -2.37. The fraction of sp³-hybridized carbons (Fsp3) is 0.500. The van der Waals surface area contributed by atoms with Crippen LogP contribution < -0.4 is 10.6 Å². The summed E-state index contributed by atoms with van der Waals surface area (Å²) >= 11 is 5.38. The van der Waals surface area contributed by atoms with E-state index in [-0.39, 0.29) is 5.91 Å². The molecule has 0 unspecified atom stereocenters. The van der Waals surface area contributed by atoms with E-state index >= 15 is 0 Å². The van der Waals surface area contributed by atoms with Crippen molar-refractivity contribution in [1.82, 2.24) is 24.5 Å². The summed E-state index contributed by atoms with van der Waals surface area (Å²) in [4.78, 5) is 14.7. The molecule has 25 heavy (non-hydrogen) atoms. The molecule has 134 valence electrons. The van der Waals surface area contributed by atoms with E-state index < -0.39 is 0 Å². The third kappa shape index (κ3) is 3.65. The van der Waals surface area contributed by atoms with Gasteiger partial charge in [-0.2, -0.15) is 10.2 Å². The number of nitrogens with one attached hydrogen (secondary N) is 2. The Morgan fingerprint density at radius 2 is 1.64 bits per heavy atom. The van der Waals surface area contributed by atoms with Gasteiger partial charge in [0.2, 0.25) is 0 Å². The van der Waals surface area contributed by atoms with Gasteiger partial charge in [-0.1, -0.05) is 0 Å². The smallest absolute Gasteiger partial charge is 0.274 e. The van der Waals surface area contributed by atoms with Crippen LogP contribution in [0.1, 0.15) is 35.4 Å². The van der Waals surface area contributed by atoms with Crippen LogP contribution in [0.5, 0.6) is 0 Å². The average Bonchev–Trinajstić information content (AvgIpc) is 3.12. The molecular formula is C16H23N7OS. The number of hydrogen-bond donors (Lipinski definition) is 2. The molecule has 1 amide bonds. The van der Waals surface area contributed by atoms with Crippen LogP contribution in [0, 0.1) is 6.92 Å². The minimum Gasteiger partial charge on any atom is -0.337 e. The highest BCUT2D eigenvalue weighted by Crippen LogP contribution is 2.20. The van der Waals surface area contributed by atoms with Gasteiger partial charge >= 0.3 is 0 Å². The highest BCUT2D eigenvalue weighted by Gasteiger charge is 2.24. The van der Waals surface area contributed by atoms with E-state index in [1.165, 1.54) is 6.42 Å². The first-order valence-corrected chi connectivity index (χ1v) is 8.76. The number of rotatable bonds is 3. The number of carbonyl (C=O) groups is 1. The number of aromatic nitrogens is 4. The molecule has 1 aliphatic heterocycles. The van der Waals surface area contributed by atoms with Gasteiger partial charge in [0.1, 0.15) is 5.69 Å². The van der Waals surface area contributed by atoms with E-state index in [0.717, 1.165) is 37.3 Å². The molecule has 3 rings (SSSR count). The van der Waals surface area contributed by atoms with Crippen LogP contribution in [0.15, 0.2) is 12.4 Å². The van der Waals surface area contributed by atoms with Crippen molar-refractivity contribution >= 4 is 34.6 Å². The number of anilines is 2. The molecule has 2 aromatic heterocycles. The topological polar surface area (TPSA) is 80.0 Å². The first-order chi connectivity index (χ1) is 12.0. The zero-order chi connectivity index (χ0) is 18.0. The normalized spacial score (nSPS) is 14.4. The van der Waals surface area contributed by atoms with Crippen LogP contribution in [0.3, 0.4) is 0 Å². The number of amides is 1. The van der Waals surface area contributed by atoms with Crippen molar-refractivity contribution in [3.63, 3.8) is 0 Å². The molecule has 8 nitrogen and oxygen atoms in total. The molecule has 3 heterocycles. The highest BCUT2D eigenvalue weighted by molar-refractivity contribution is 7.80. The Bertz CT molecular complexity index is 789. The molecule has 2 aromatic rings. The maximum absolute atomic E-state index is 12.8. The van der Waals surface area contributed by atoms with E-state index in [2.05, 4.69) is 20.8 Å². The van der Waals surface area contributed by atoms with Gasteiger partial charge in [-0.15, -0.1) is 0 Å². The molecule has 1 saturated heterocycles. The van der Waals surface area contributed by atoms with Gasteiger partial charge in [-0.05, 0) is 38.4 Å². The van der Waals surface area contributed by atoms with Crippen LogP contribution in [0.2, 0.25) is 0 Å². The SMILES string of the molecule is Cc1c(NC(=S)Nc2cnn(C)c2C(=O)N2CCCCC2)cnn1C. The number of carbonyl (C=O) groups excluding carboxylic acids is 1. The Kier molecular flexibility index (Phi) is 5.03. The van der Waals surface area contributed by atoms with E-state index in [4.69, 9.17) is 12.2 Å². The van der Waals surface area contributed by atoms with E-state index in [1.54, 1.807) is 28.8 Å². The Labute approximate surface area is 152 Å². The summed E-state index contributed by atoms with van der Waals surface area (Å²) in [5, 5.41) is 15.0. The lowest BCUT2D eigenvalue weighted by atomic mass is 10.1. The summed E-state index contributed by atoms with van der Waals surface area (Å²) in [6.45, 7) is 3.54. The number of piperidine rings is 1. The predicted molar refractivity (Wildman–Crippen MR) is 101 cm³/mol. The van der Waals surface area contributed by atoms with Crippen LogP contribution in [-0.4, -0.2) is 48.6 Å². The van der Waals surface area contributed by atoms with Crippen molar-refractivity contribution in [2.45, 2.75) is 26.2 Å². The molecule has 1 aliphatic rings. The Morgan fingerprint density at radius 3 is 2.28 bits per heavy atom.